The highest BCUT2D eigenvalue weighted by atomic mass is 16.7. The summed E-state index contributed by atoms with van der Waals surface area (Å²) >= 11 is 0. The number of nitrogens with zero attached hydrogens (tertiary/aromatic N) is 4. The fourth-order valence-electron chi connectivity index (χ4n) is 0.960. The third-order valence-corrected chi connectivity index (χ3v) is 1.60. The number of nitrogens with one attached hydrogen (secondary N) is 1. The van der Waals surface area contributed by atoms with Gasteiger partial charge in [-0.05, 0) is 5.16 Å². The largest absolute Gasteiger partial charge is 0.467 e. The van der Waals surface area contributed by atoms with E-state index in [-0.39, 0.29) is 24.6 Å². The first-order valence-electron chi connectivity index (χ1n) is 4.33. The van der Waals surface area contributed by atoms with Gasteiger partial charge in [0, 0.05) is 0 Å². The minimum absolute atomic E-state index is 0.0475. The summed E-state index contributed by atoms with van der Waals surface area (Å²) in [5.74, 6) is 0.315. The smallest absolute Gasteiger partial charge is 0.321 e. The SMILES string of the molecule is CON=C(N)NC1=NCN(OC)C(OC)=N1. The molecule has 0 atom stereocenters. The Morgan fingerprint density at radius 3 is 2.81 bits per heavy atom. The Morgan fingerprint density at radius 2 is 2.25 bits per heavy atom. The third-order valence-electron chi connectivity index (χ3n) is 1.60. The number of hydroxylamine groups is 2. The molecule has 0 spiro atoms. The van der Waals surface area contributed by atoms with Crippen molar-refractivity contribution in [2.24, 2.45) is 20.9 Å². The number of hydrogen-bond acceptors (Lipinski definition) is 7. The van der Waals surface area contributed by atoms with Gasteiger partial charge in [-0.25, -0.2) is 4.99 Å². The minimum Gasteiger partial charge on any atom is -0.467 e. The summed E-state index contributed by atoms with van der Waals surface area (Å²) in [7, 11) is 4.34. The van der Waals surface area contributed by atoms with E-state index in [1.165, 1.54) is 26.4 Å². The molecule has 1 heterocycles. The fraction of sp³-hybridized carbons (Fsp3) is 0.571. The number of hydrogen-bond donors (Lipinski definition) is 2. The van der Waals surface area contributed by atoms with Crippen molar-refractivity contribution in [2.45, 2.75) is 0 Å². The van der Waals surface area contributed by atoms with Gasteiger partial charge in [0.25, 0.3) is 0 Å². The topological polar surface area (TPSA) is 106 Å². The van der Waals surface area contributed by atoms with Crippen LogP contribution in [-0.4, -0.2) is 51.0 Å². The molecular weight excluding hydrogens is 216 g/mol. The predicted octanol–water partition coefficient (Wildman–Crippen LogP) is -1.35. The number of nitrogens with two attached hydrogens (primary N) is 1. The maximum atomic E-state index is 5.45. The number of rotatable bonds is 2. The van der Waals surface area contributed by atoms with Gasteiger partial charge in [0.05, 0.1) is 14.2 Å². The Morgan fingerprint density at radius 1 is 1.50 bits per heavy atom. The Labute approximate surface area is 92.5 Å². The van der Waals surface area contributed by atoms with Gasteiger partial charge < -0.3 is 15.3 Å². The van der Waals surface area contributed by atoms with E-state index in [2.05, 4.69) is 25.3 Å². The zero-order chi connectivity index (χ0) is 12.0. The summed E-state index contributed by atoms with van der Waals surface area (Å²) in [4.78, 5) is 17.4. The summed E-state index contributed by atoms with van der Waals surface area (Å²) < 4.78 is 4.98. The molecule has 1 aliphatic heterocycles. The highest BCUT2D eigenvalue weighted by molar-refractivity contribution is 6.02. The summed E-state index contributed by atoms with van der Waals surface area (Å²) in [5, 5.41) is 7.46. The molecule has 9 nitrogen and oxygen atoms in total. The van der Waals surface area contributed by atoms with Crippen LogP contribution in [0.15, 0.2) is 15.1 Å². The molecule has 16 heavy (non-hydrogen) atoms. The van der Waals surface area contributed by atoms with Crippen LogP contribution >= 0.6 is 0 Å². The van der Waals surface area contributed by atoms with Crippen LogP contribution in [0, 0.1) is 0 Å². The maximum absolute atomic E-state index is 5.45. The summed E-state index contributed by atoms with van der Waals surface area (Å²) in [6.07, 6.45) is 0. The van der Waals surface area contributed by atoms with E-state index in [0.29, 0.717) is 0 Å². The van der Waals surface area contributed by atoms with E-state index >= 15 is 0 Å². The second-order valence-electron chi connectivity index (χ2n) is 2.57. The number of guanidine groups is 2. The zero-order valence-electron chi connectivity index (χ0n) is 9.30. The normalized spacial score (nSPS) is 16.4. The van der Waals surface area contributed by atoms with Gasteiger partial charge in [-0.15, -0.1) is 0 Å². The monoisotopic (exact) mass is 230 g/mol. The van der Waals surface area contributed by atoms with Crippen molar-refractivity contribution in [1.82, 2.24) is 10.4 Å². The molecule has 0 aromatic heterocycles. The van der Waals surface area contributed by atoms with Crippen LogP contribution < -0.4 is 11.1 Å². The quantitative estimate of drug-likeness (QED) is 0.345. The number of methoxy groups -OCH3 is 1. The first-order chi connectivity index (χ1) is 7.71. The molecule has 9 heteroatoms. The Bertz CT molecular complexity index is 326. The van der Waals surface area contributed by atoms with Crippen molar-refractivity contribution in [1.29, 1.82) is 0 Å². The molecule has 0 bridgehead atoms. The van der Waals surface area contributed by atoms with E-state index in [1.54, 1.807) is 0 Å². The van der Waals surface area contributed by atoms with Crippen LogP contribution in [0.5, 0.6) is 0 Å². The lowest BCUT2D eigenvalue weighted by molar-refractivity contribution is -0.0813. The van der Waals surface area contributed by atoms with Crippen molar-refractivity contribution in [3.63, 3.8) is 0 Å². The first kappa shape index (κ1) is 12.0. The average molecular weight is 230 g/mol. The molecule has 0 radical (unpaired) electrons. The Hall–Kier alpha value is -2.03. The van der Waals surface area contributed by atoms with Crippen LogP contribution in [0.3, 0.4) is 0 Å². The van der Waals surface area contributed by atoms with Crippen LogP contribution in [0.2, 0.25) is 0 Å². The lowest BCUT2D eigenvalue weighted by atomic mass is 10.7. The lowest BCUT2D eigenvalue weighted by Gasteiger charge is -2.23. The molecule has 0 unspecified atom stereocenters. The van der Waals surface area contributed by atoms with Gasteiger partial charge in [-0.3, -0.25) is 10.2 Å². The molecule has 0 fully saturated rings. The van der Waals surface area contributed by atoms with Gasteiger partial charge in [-0.2, -0.15) is 10.1 Å². The van der Waals surface area contributed by atoms with Crippen LogP contribution in [0.25, 0.3) is 0 Å². The second-order valence-corrected chi connectivity index (χ2v) is 2.57. The van der Waals surface area contributed by atoms with Crippen molar-refractivity contribution < 1.29 is 14.4 Å². The number of ether oxygens (including phenoxy) is 1. The standard InChI is InChI=1S/C7H14N6O3/c1-14-7-11-6(9-4-13(7)16-3)10-5(8)12-15-2/h4H2,1-3H3,(H3,8,9,10,12). The number of aliphatic imine (C=N–C) groups is 2. The van der Waals surface area contributed by atoms with E-state index in [9.17, 15) is 0 Å². The van der Waals surface area contributed by atoms with Crippen molar-refractivity contribution >= 4 is 17.9 Å². The Kier molecular flexibility index (Phi) is 4.33. The van der Waals surface area contributed by atoms with Gasteiger partial charge in [0.2, 0.25) is 11.9 Å². The van der Waals surface area contributed by atoms with Gasteiger partial charge in [-0.1, -0.05) is 0 Å². The average Bonchev–Trinajstić information content (AvgIpc) is 2.29. The van der Waals surface area contributed by atoms with Crippen molar-refractivity contribution in [3.8, 4) is 0 Å². The van der Waals surface area contributed by atoms with Gasteiger partial charge in [0.1, 0.15) is 13.8 Å². The lowest BCUT2D eigenvalue weighted by Crippen LogP contribution is -2.42. The van der Waals surface area contributed by atoms with E-state index in [0.717, 1.165) is 0 Å². The zero-order valence-corrected chi connectivity index (χ0v) is 9.30. The summed E-state index contributed by atoms with van der Waals surface area (Å²) in [5.41, 5.74) is 5.45. The molecule has 1 rings (SSSR count). The highest BCUT2D eigenvalue weighted by Gasteiger charge is 2.17. The molecule has 3 N–H and O–H groups in total. The number of amidine groups is 1. The van der Waals surface area contributed by atoms with Crippen molar-refractivity contribution in [2.75, 3.05) is 28.0 Å². The van der Waals surface area contributed by atoms with Gasteiger partial charge in [0.15, 0.2) is 0 Å². The summed E-state index contributed by atoms with van der Waals surface area (Å²) in [6, 6.07) is 0.269. The fourth-order valence-corrected chi connectivity index (χ4v) is 0.960. The Balaban J connectivity index is 2.68. The second kappa shape index (κ2) is 5.75. The third kappa shape index (κ3) is 2.98. The molecule has 0 amide bonds. The molecule has 0 aromatic rings. The molecule has 0 aliphatic carbocycles. The first-order valence-corrected chi connectivity index (χ1v) is 4.33. The minimum atomic E-state index is 0.0475. The predicted molar refractivity (Wildman–Crippen MR) is 57.4 cm³/mol. The van der Waals surface area contributed by atoms with Crippen LogP contribution in [0.4, 0.5) is 0 Å². The van der Waals surface area contributed by atoms with Gasteiger partial charge >= 0.3 is 6.02 Å². The molecule has 0 aromatic carbocycles. The van der Waals surface area contributed by atoms with E-state index in [1.807, 2.05) is 0 Å². The van der Waals surface area contributed by atoms with Crippen molar-refractivity contribution in [3.05, 3.63) is 0 Å². The highest BCUT2D eigenvalue weighted by Crippen LogP contribution is 2.00. The molecule has 1 aliphatic rings. The van der Waals surface area contributed by atoms with E-state index < -0.39 is 0 Å². The molecular formula is C7H14N6O3. The number of oxime groups is 1. The maximum Gasteiger partial charge on any atom is 0.321 e. The van der Waals surface area contributed by atoms with E-state index in [4.69, 9.17) is 15.3 Å². The summed E-state index contributed by atoms with van der Waals surface area (Å²) in [6.45, 7) is 0.242. The van der Waals surface area contributed by atoms with Crippen LogP contribution in [0.1, 0.15) is 0 Å². The molecule has 90 valence electrons. The molecule has 0 saturated carbocycles. The van der Waals surface area contributed by atoms with Crippen LogP contribution in [-0.2, 0) is 14.4 Å². The molecule has 0 saturated heterocycles.